The van der Waals surface area contributed by atoms with Crippen LogP contribution in [0.3, 0.4) is 0 Å². The fourth-order valence-corrected chi connectivity index (χ4v) is 4.92. The van der Waals surface area contributed by atoms with E-state index in [1.54, 1.807) is 42.7 Å². The Morgan fingerprint density at radius 3 is 2.33 bits per heavy atom. The van der Waals surface area contributed by atoms with Crippen molar-refractivity contribution in [1.29, 1.82) is 5.26 Å². The summed E-state index contributed by atoms with van der Waals surface area (Å²) in [7, 11) is 0. The number of hydrogen-bond acceptors (Lipinski definition) is 3. The number of hydrogen-bond donors (Lipinski definition) is 0. The van der Waals surface area contributed by atoms with Crippen LogP contribution in [0.1, 0.15) is 59.4 Å². The van der Waals surface area contributed by atoms with Crippen molar-refractivity contribution in [1.82, 2.24) is 9.47 Å². The number of nitriles is 1. The second kappa shape index (κ2) is 6.94. The second-order valence-electron chi connectivity index (χ2n) is 7.77. The summed E-state index contributed by atoms with van der Waals surface area (Å²) < 4.78 is 16.8. The Morgan fingerprint density at radius 1 is 1.11 bits per heavy atom. The van der Waals surface area contributed by atoms with E-state index in [1.807, 2.05) is 0 Å². The van der Waals surface area contributed by atoms with Crippen LogP contribution in [-0.4, -0.2) is 33.9 Å². The molecule has 3 heterocycles. The van der Waals surface area contributed by atoms with Crippen molar-refractivity contribution in [2.75, 3.05) is 6.54 Å². The van der Waals surface area contributed by atoms with E-state index in [2.05, 4.69) is 11.0 Å². The zero-order chi connectivity index (χ0) is 19.1. The van der Waals surface area contributed by atoms with Gasteiger partial charge in [-0.05, 0) is 63.8 Å². The van der Waals surface area contributed by atoms with Gasteiger partial charge < -0.3 is 4.57 Å². The standard InChI is InChI=1S/C22H24FN3O/c1-14-21(20(27)13-25-17-4-3-5-18(25)11-10-17)22(23)15(2)26(14)19-8-6-16(12-24)7-9-19/h6-9,17-18H,3-5,10-11,13H2,1-2H3. The van der Waals surface area contributed by atoms with E-state index < -0.39 is 5.82 Å². The third kappa shape index (κ3) is 2.98. The molecule has 2 fully saturated rings. The molecule has 1 aromatic carbocycles. The highest BCUT2D eigenvalue weighted by molar-refractivity contribution is 5.99. The molecule has 2 aliphatic heterocycles. The molecular formula is C22H24FN3O. The van der Waals surface area contributed by atoms with E-state index in [0.29, 0.717) is 35.6 Å². The molecule has 4 nitrogen and oxygen atoms in total. The Labute approximate surface area is 159 Å². The van der Waals surface area contributed by atoms with Gasteiger partial charge in [0.05, 0.1) is 29.4 Å². The number of carbonyl (C=O) groups is 1. The van der Waals surface area contributed by atoms with E-state index in [-0.39, 0.29) is 11.3 Å². The summed E-state index contributed by atoms with van der Waals surface area (Å²) in [6, 6.07) is 10.0. The number of rotatable bonds is 4. The Bertz CT molecular complexity index is 907. The van der Waals surface area contributed by atoms with Crippen LogP contribution < -0.4 is 0 Å². The van der Waals surface area contributed by atoms with Crippen LogP contribution in [-0.2, 0) is 0 Å². The Morgan fingerprint density at radius 2 is 1.74 bits per heavy atom. The molecule has 2 atom stereocenters. The normalized spacial score (nSPS) is 22.0. The second-order valence-corrected chi connectivity index (χ2v) is 7.77. The first-order chi connectivity index (χ1) is 13.0. The van der Waals surface area contributed by atoms with Crippen LogP contribution in [0.25, 0.3) is 5.69 Å². The highest BCUT2D eigenvalue weighted by Gasteiger charge is 2.38. The third-order valence-electron chi connectivity index (χ3n) is 6.28. The molecule has 2 aliphatic rings. The number of nitrogens with zero attached hydrogens (tertiary/aromatic N) is 3. The highest BCUT2D eigenvalue weighted by atomic mass is 19.1. The van der Waals surface area contributed by atoms with Gasteiger partial charge in [0.2, 0.25) is 0 Å². The summed E-state index contributed by atoms with van der Waals surface area (Å²) in [5.41, 5.74) is 2.59. The lowest BCUT2D eigenvalue weighted by Crippen LogP contribution is -2.42. The zero-order valence-electron chi connectivity index (χ0n) is 15.8. The van der Waals surface area contributed by atoms with E-state index in [9.17, 15) is 4.79 Å². The van der Waals surface area contributed by atoms with Crippen LogP contribution >= 0.6 is 0 Å². The predicted molar refractivity (Wildman–Crippen MR) is 102 cm³/mol. The smallest absolute Gasteiger partial charge is 0.181 e. The molecule has 2 aromatic rings. The minimum Gasteiger partial charge on any atom is -0.315 e. The van der Waals surface area contributed by atoms with Gasteiger partial charge in [-0.3, -0.25) is 9.69 Å². The minimum absolute atomic E-state index is 0.126. The first kappa shape index (κ1) is 17.9. The summed E-state index contributed by atoms with van der Waals surface area (Å²) >= 11 is 0. The van der Waals surface area contributed by atoms with Crippen molar-refractivity contribution < 1.29 is 9.18 Å². The maximum Gasteiger partial charge on any atom is 0.181 e. The van der Waals surface area contributed by atoms with Crippen molar-refractivity contribution in [3.05, 3.63) is 52.6 Å². The molecule has 4 rings (SSSR count). The molecule has 1 aromatic heterocycles. The van der Waals surface area contributed by atoms with Gasteiger partial charge in [-0.1, -0.05) is 6.42 Å². The summed E-state index contributed by atoms with van der Waals surface area (Å²) in [6.07, 6.45) is 5.85. The van der Waals surface area contributed by atoms with E-state index >= 15 is 4.39 Å². The fraction of sp³-hybridized carbons (Fsp3) is 0.455. The van der Waals surface area contributed by atoms with Crippen LogP contribution in [0.15, 0.2) is 24.3 Å². The number of piperidine rings is 1. The Balaban J connectivity index is 1.65. The van der Waals surface area contributed by atoms with Crippen LogP contribution in [0.2, 0.25) is 0 Å². The molecule has 2 bridgehead atoms. The van der Waals surface area contributed by atoms with E-state index in [0.717, 1.165) is 31.4 Å². The number of fused-ring (bicyclic) bond motifs is 2. The summed E-state index contributed by atoms with van der Waals surface area (Å²) in [5, 5.41) is 8.97. The van der Waals surface area contributed by atoms with Crippen molar-refractivity contribution in [2.24, 2.45) is 0 Å². The molecule has 0 aliphatic carbocycles. The number of benzene rings is 1. The van der Waals surface area contributed by atoms with Crippen molar-refractivity contribution in [3.8, 4) is 11.8 Å². The first-order valence-corrected chi connectivity index (χ1v) is 9.68. The number of halogens is 1. The van der Waals surface area contributed by atoms with Gasteiger partial charge in [0.25, 0.3) is 0 Å². The van der Waals surface area contributed by atoms with Gasteiger partial charge in [-0.2, -0.15) is 5.26 Å². The fourth-order valence-electron chi connectivity index (χ4n) is 4.92. The summed E-state index contributed by atoms with van der Waals surface area (Å²) in [4.78, 5) is 15.3. The average Bonchev–Trinajstić information content (AvgIpc) is 3.01. The molecule has 140 valence electrons. The van der Waals surface area contributed by atoms with E-state index in [1.165, 1.54) is 6.42 Å². The molecule has 2 unspecified atom stereocenters. The average molecular weight is 365 g/mol. The van der Waals surface area contributed by atoms with Gasteiger partial charge in [0.15, 0.2) is 11.6 Å². The van der Waals surface area contributed by atoms with Gasteiger partial charge in [-0.25, -0.2) is 4.39 Å². The van der Waals surface area contributed by atoms with Gasteiger partial charge in [0, 0.05) is 23.5 Å². The Hall–Kier alpha value is -2.45. The van der Waals surface area contributed by atoms with Crippen molar-refractivity contribution in [2.45, 2.75) is 58.0 Å². The zero-order valence-corrected chi connectivity index (χ0v) is 15.8. The lowest BCUT2D eigenvalue weighted by atomic mass is 10.0. The first-order valence-electron chi connectivity index (χ1n) is 9.68. The van der Waals surface area contributed by atoms with Gasteiger partial charge >= 0.3 is 0 Å². The molecule has 0 radical (unpaired) electrons. The van der Waals surface area contributed by atoms with E-state index in [4.69, 9.17) is 5.26 Å². The SMILES string of the molecule is Cc1c(F)c(C(=O)CN2C3CCCC2CC3)c(C)n1-c1ccc(C#N)cc1. The Kier molecular flexibility index (Phi) is 4.61. The highest BCUT2D eigenvalue weighted by Crippen LogP contribution is 2.36. The topological polar surface area (TPSA) is 49.0 Å². The molecular weight excluding hydrogens is 341 g/mol. The third-order valence-corrected chi connectivity index (χ3v) is 6.28. The number of carbonyl (C=O) groups excluding carboxylic acids is 1. The largest absolute Gasteiger partial charge is 0.315 e. The molecule has 5 heteroatoms. The number of ketones is 1. The van der Waals surface area contributed by atoms with Crippen LogP contribution in [0, 0.1) is 31.0 Å². The van der Waals surface area contributed by atoms with Gasteiger partial charge in [0.1, 0.15) is 0 Å². The maximum atomic E-state index is 15.0. The monoisotopic (exact) mass is 365 g/mol. The van der Waals surface area contributed by atoms with Crippen LogP contribution in [0.5, 0.6) is 0 Å². The van der Waals surface area contributed by atoms with Crippen LogP contribution in [0.4, 0.5) is 4.39 Å². The molecule has 0 N–H and O–H groups in total. The minimum atomic E-state index is -0.425. The summed E-state index contributed by atoms with van der Waals surface area (Å²) in [5.74, 6) is -0.550. The molecule has 0 saturated carbocycles. The van der Waals surface area contributed by atoms with Crippen molar-refractivity contribution >= 4 is 5.78 Å². The van der Waals surface area contributed by atoms with Gasteiger partial charge in [-0.15, -0.1) is 0 Å². The maximum absolute atomic E-state index is 15.0. The molecule has 2 saturated heterocycles. The van der Waals surface area contributed by atoms with Crippen molar-refractivity contribution in [3.63, 3.8) is 0 Å². The summed E-state index contributed by atoms with van der Waals surface area (Å²) in [6.45, 7) is 3.80. The predicted octanol–water partition coefficient (Wildman–Crippen LogP) is 4.30. The molecule has 0 spiro atoms. The number of Topliss-reactive ketones (excluding diaryl/α,β-unsaturated/α-hetero) is 1. The lowest BCUT2D eigenvalue weighted by molar-refractivity contribution is 0.0823. The molecule has 27 heavy (non-hydrogen) atoms. The number of aromatic nitrogens is 1. The quantitative estimate of drug-likeness (QED) is 0.759. The molecule has 0 amide bonds. The lowest BCUT2D eigenvalue weighted by Gasteiger charge is -2.34.